The Morgan fingerprint density at radius 1 is 0.870 bits per heavy atom. The first kappa shape index (κ1) is 16.8. The summed E-state index contributed by atoms with van der Waals surface area (Å²) in [5, 5.41) is 0. The number of nitrogens with zero attached hydrogens (tertiary/aromatic N) is 1. The van der Waals surface area contributed by atoms with E-state index >= 15 is 0 Å². The summed E-state index contributed by atoms with van der Waals surface area (Å²) in [7, 11) is 2.11. The zero-order valence-electron chi connectivity index (χ0n) is 14.2. The van der Waals surface area contributed by atoms with Gasteiger partial charge in [0, 0.05) is 25.4 Å². The molecule has 0 heterocycles. The van der Waals surface area contributed by atoms with Crippen LogP contribution in [0.5, 0.6) is 0 Å². The van der Waals surface area contributed by atoms with Crippen molar-refractivity contribution in [1.29, 1.82) is 0 Å². The zero-order valence-corrected chi connectivity index (χ0v) is 14.2. The molecule has 1 heteroatoms. The molecule has 2 aromatic carbocycles. The minimum Gasteiger partial charge on any atom is -0.376 e. The number of likely N-dealkylation sites (N-methyl/N-ethyl adjacent to an activating group) is 1. The first-order chi connectivity index (χ1) is 11.2. The average molecular weight is 303 g/mol. The quantitative estimate of drug-likeness (QED) is 0.634. The maximum absolute atomic E-state index is 2.22. The molecule has 0 aliphatic carbocycles. The molecule has 0 saturated heterocycles. The van der Waals surface area contributed by atoms with Crippen molar-refractivity contribution in [3.05, 3.63) is 102 Å². The standard InChI is InChI=1S/C22H25N/c1-19(2)12-10-11-17-23(3)18-22(20-13-6-4-7-14-20)21-15-8-5-9-16-21/h4-16,18H,17H2,1-3H3. The van der Waals surface area contributed by atoms with Gasteiger partial charge in [-0.25, -0.2) is 0 Å². The van der Waals surface area contributed by atoms with Crippen LogP contribution >= 0.6 is 0 Å². The molecule has 0 aliphatic heterocycles. The Morgan fingerprint density at radius 3 is 1.87 bits per heavy atom. The van der Waals surface area contributed by atoms with Crippen LogP contribution in [-0.4, -0.2) is 18.5 Å². The van der Waals surface area contributed by atoms with Crippen molar-refractivity contribution in [3.63, 3.8) is 0 Å². The fourth-order valence-electron chi connectivity index (χ4n) is 2.31. The van der Waals surface area contributed by atoms with Crippen LogP contribution in [0.1, 0.15) is 25.0 Å². The summed E-state index contributed by atoms with van der Waals surface area (Å²) < 4.78 is 0. The van der Waals surface area contributed by atoms with E-state index in [0.29, 0.717) is 0 Å². The lowest BCUT2D eigenvalue weighted by Gasteiger charge is -2.16. The van der Waals surface area contributed by atoms with Gasteiger partial charge in [-0.2, -0.15) is 0 Å². The summed E-state index contributed by atoms with van der Waals surface area (Å²) in [5.74, 6) is 0. The first-order valence-electron chi connectivity index (χ1n) is 8.00. The number of allylic oxidation sites excluding steroid dienone is 3. The second-order valence-electron chi connectivity index (χ2n) is 5.89. The van der Waals surface area contributed by atoms with Crippen molar-refractivity contribution in [1.82, 2.24) is 4.90 Å². The molecule has 0 fully saturated rings. The topological polar surface area (TPSA) is 3.24 Å². The maximum Gasteiger partial charge on any atom is 0.0354 e. The van der Waals surface area contributed by atoms with E-state index in [1.807, 2.05) is 0 Å². The Labute approximate surface area is 140 Å². The van der Waals surface area contributed by atoms with Crippen molar-refractivity contribution >= 4 is 5.57 Å². The third-order valence-electron chi connectivity index (χ3n) is 3.48. The highest BCUT2D eigenvalue weighted by Crippen LogP contribution is 2.23. The molecule has 2 aromatic rings. The third kappa shape index (κ3) is 5.63. The molecule has 2 rings (SSSR count). The Morgan fingerprint density at radius 2 is 1.39 bits per heavy atom. The molecule has 0 atom stereocenters. The normalized spacial score (nSPS) is 10.4. The second-order valence-corrected chi connectivity index (χ2v) is 5.89. The third-order valence-corrected chi connectivity index (χ3v) is 3.48. The molecule has 0 spiro atoms. The Bertz CT molecular complexity index is 633. The van der Waals surface area contributed by atoms with Gasteiger partial charge in [-0.05, 0) is 25.0 Å². The van der Waals surface area contributed by atoms with E-state index in [-0.39, 0.29) is 0 Å². The average Bonchev–Trinajstić information content (AvgIpc) is 2.58. The van der Waals surface area contributed by atoms with Gasteiger partial charge < -0.3 is 4.90 Å². The van der Waals surface area contributed by atoms with E-state index in [0.717, 1.165) is 6.54 Å². The highest BCUT2D eigenvalue weighted by atomic mass is 15.1. The smallest absolute Gasteiger partial charge is 0.0354 e. The lowest BCUT2D eigenvalue weighted by Crippen LogP contribution is -2.11. The Kier molecular flexibility index (Phi) is 6.43. The Hall–Kier alpha value is -2.54. The van der Waals surface area contributed by atoms with Gasteiger partial charge in [-0.3, -0.25) is 0 Å². The van der Waals surface area contributed by atoms with Gasteiger partial charge in [0.25, 0.3) is 0 Å². The van der Waals surface area contributed by atoms with Crippen LogP contribution in [0, 0.1) is 0 Å². The van der Waals surface area contributed by atoms with E-state index < -0.39 is 0 Å². The van der Waals surface area contributed by atoms with Crippen molar-refractivity contribution in [2.75, 3.05) is 13.6 Å². The van der Waals surface area contributed by atoms with E-state index in [4.69, 9.17) is 0 Å². The largest absolute Gasteiger partial charge is 0.376 e. The molecule has 0 unspecified atom stereocenters. The number of benzene rings is 2. The van der Waals surface area contributed by atoms with Crippen molar-refractivity contribution < 1.29 is 0 Å². The van der Waals surface area contributed by atoms with Crippen LogP contribution in [0.15, 0.2) is 90.7 Å². The Balaban J connectivity index is 2.24. The zero-order chi connectivity index (χ0) is 16.5. The lowest BCUT2D eigenvalue weighted by molar-refractivity contribution is 0.511. The molecule has 0 aliphatic rings. The van der Waals surface area contributed by atoms with Crippen LogP contribution in [-0.2, 0) is 0 Å². The molecule has 0 amide bonds. The molecule has 0 radical (unpaired) electrons. The highest BCUT2D eigenvalue weighted by Gasteiger charge is 2.05. The summed E-state index contributed by atoms with van der Waals surface area (Å²) in [6.07, 6.45) is 8.64. The predicted molar refractivity (Wildman–Crippen MR) is 101 cm³/mol. The molecule has 1 nitrogen and oxygen atoms in total. The molecular weight excluding hydrogens is 278 g/mol. The van der Waals surface area contributed by atoms with Gasteiger partial charge >= 0.3 is 0 Å². The summed E-state index contributed by atoms with van der Waals surface area (Å²) in [6.45, 7) is 5.10. The minimum absolute atomic E-state index is 0.882. The van der Waals surface area contributed by atoms with Crippen molar-refractivity contribution in [2.24, 2.45) is 0 Å². The van der Waals surface area contributed by atoms with Crippen LogP contribution in [0.4, 0.5) is 0 Å². The molecule has 0 aromatic heterocycles. The molecule has 0 bridgehead atoms. The van der Waals surface area contributed by atoms with Gasteiger partial charge in [0.15, 0.2) is 0 Å². The van der Waals surface area contributed by atoms with Gasteiger partial charge in [0.05, 0.1) is 0 Å². The highest BCUT2D eigenvalue weighted by molar-refractivity contribution is 5.79. The fraction of sp³-hybridized carbons (Fsp3) is 0.182. The maximum atomic E-state index is 2.22. The summed E-state index contributed by atoms with van der Waals surface area (Å²) in [4.78, 5) is 2.21. The van der Waals surface area contributed by atoms with Crippen LogP contribution in [0.3, 0.4) is 0 Å². The number of hydrogen-bond acceptors (Lipinski definition) is 1. The number of hydrogen-bond donors (Lipinski definition) is 0. The van der Waals surface area contributed by atoms with Crippen molar-refractivity contribution in [3.8, 4) is 0 Å². The molecular formula is C22H25N. The second kappa shape index (κ2) is 8.79. The van der Waals surface area contributed by atoms with Crippen LogP contribution in [0.2, 0.25) is 0 Å². The summed E-state index contributed by atoms with van der Waals surface area (Å²) in [6, 6.07) is 21.1. The molecule has 0 saturated carbocycles. The van der Waals surface area contributed by atoms with E-state index in [1.54, 1.807) is 0 Å². The summed E-state index contributed by atoms with van der Waals surface area (Å²) in [5.41, 5.74) is 5.02. The van der Waals surface area contributed by atoms with Gasteiger partial charge in [-0.1, -0.05) is 84.5 Å². The molecule has 118 valence electrons. The van der Waals surface area contributed by atoms with Crippen molar-refractivity contribution in [2.45, 2.75) is 13.8 Å². The van der Waals surface area contributed by atoms with Crippen LogP contribution in [0.25, 0.3) is 5.57 Å². The van der Waals surface area contributed by atoms with Gasteiger partial charge in [0.2, 0.25) is 0 Å². The summed E-state index contributed by atoms with van der Waals surface area (Å²) >= 11 is 0. The lowest BCUT2D eigenvalue weighted by atomic mass is 9.99. The minimum atomic E-state index is 0.882. The van der Waals surface area contributed by atoms with Crippen LogP contribution < -0.4 is 0 Å². The predicted octanol–water partition coefficient (Wildman–Crippen LogP) is 5.53. The van der Waals surface area contributed by atoms with E-state index in [9.17, 15) is 0 Å². The first-order valence-corrected chi connectivity index (χ1v) is 8.00. The number of rotatable bonds is 6. The molecule has 0 N–H and O–H groups in total. The van der Waals surface area contributed by atoms with E-state index in [2.05, 4.69) is 111 Å². The molecule has 23 heavy (non-hydrogen) atoms. The monoisotopic (exact) mass is 303 g/mol. The SMILES string of the molecule is CC(C)=CC=CCN(C)C=C(c1ccccc1)c1ccccc1. The fourth-order valence-corrected chi connectivity index (χ4v) is 2.31. The van der Waals surface area contributed by atoms with Gasteiger partial charge in [0.1, 0.15) is 0 Å². The van der Waals surface area contributed by atoms with E-state index in [1.165, 1.54) is 22.3 Å². The van der Waals surface area contributed by atoms with Gasteiger partial charge in [-0.15, -0.1) is 0 Å².